The first-order valence-corrected chi connectivity index (χ1v) is 17.5. The van der Waals surface area contributed by atoms with Crippen LogP contribution in [0.15, 0.2) is 182 Å². The van der Waals surface area contributed by atoms with Crippen LogP contribution < -0.4 is 4.90 Å². The second-order valence-corrected chi connectivity index (χ2v) is 13.7. The van der Waals surface area contributed by atoms with E-state index in [2.05, 4.69) is 191 Å². The molecule has 2 aromatic heterocycles. The summed E-state index contributed by atoms with van der Waals surface area (Å²) in [5, 5.41) is 7.66. The quantitative estimate of drug-likeness (QED) is 0.181. The van der Waals surface area contributed by atoms with Crippen molar-refractivity contribution in [2.75, 3.05) is 4.90 Å². The normalized spacial score (nSPS) is 11.7. The number of thiophene rings is 1. The molecule has 10 aromatic rings. The number of aromatic nitrogens is 1. The number of hydrogen-bond donors (Lipinski definition) is 0. The number of fused-ring (bicyclic) bond motifs is 7. The molecule has 0 unspecified atom stereocenters. The summed E-state index contributed by atoms with van der Waals surface area (Å²) in [5.41, 5.74) is 9.35. The Morgan fingerprint density at radius 2 is 1.06 bits per heavy atom. The molecule has 0 aliphatic carbocycles. The maximum atomic E-state index is 2.41. The molecule has 0 atom stereocenters. The van der Waals surface area contributed by atoms with Gasteiger partial charge in [0.1, 0.15) is 0 Å². The minimum absolute atomic E-state index is 1.11. The number of benzene rings is 8. The van der Waals surface area contributed by atoms with Crippen LogP contribution in [0, 0.1) is 0 Å². The maximum Gasteiger partial charge on any atom is 0.0547 e. The molecule has 2 nitrogen and oxygen atoms in total. The first-order chi connectivity index (χ1) is 24.3. The van der Waals surface area contributed by atoms with Crippen LogP contribution in [0.5, 0.6) is 0 Å². The summed E-state index contributed by atoms with van der Waals surface area (Å²) in [5.74, 6) is 0. The van der Waals surface area contributed by atoms with Crippen molar-refractivity contribution in [2.24, 2.45) is 0 Å². The van der Waals surface area contributed by atoms with Crippen molar-refractivity contribution in [3.63, 3.8) is 0 Å². The molecule has 2 heterocycles. The Kier molecular flexibility index (Phi) is 6.39. The van der Waals surface area contributed by atoms with Crippen LogP contribution in [0.3, 0.4) is 0 Å². The number of nitrogens with zero attached hydrogens (tertiary/aromatic N) is 2. The number of anilines is 3. The molecule has 8 aromatic carbocycles. The first kappa shape index (κ1) is 27.9. The van der Waals surface area contributed by atoms with Gasteiger partial charge in [-0.05, 0) is 83.1 Å². The summed E-state index contributed by atoms with van der Waals surface area (Å²) < 4.78 is 5.01. The standard InChI is InChI=1S/C46H30N2S/c1-2-12-31(13-3-1)37-16-6-9-19-42(37)47(36-26-27-40-39-18-8-11-21-45(39)49-46(40)30-36)34-22-24-35(25-23-34)48-43-20-10-7-17-38(43)41-28-32-14-4-5-15-33(32)29-44(41)48/h1-30H. The highest BCUT2D eigenvalue weighted by atomic mass is 32.1. The van der Waals surface area contributed by atoms with E-state index in [4.69, 9.17) is 0 Å². The molecule has 230 valence electrons. The average Bonchev–Trinajstić information content (AvgIpc) is 3.70. The molecule has 10 rings (SSSR count). The van der Waals surface area contributed by atoms with Crippen molar-refractivity contribution < 1.29 is 0 Å². The van der Waals surface area contributed by atoms with Gasteiger partial charge in [-0.25, -0.2) is 0 Å². The van der Waals surface area contributed by atoms with Gasteiger partial charge in [-0.15, -0.1) is 11.3 Å². The van der Waals surface area contributed by atoms with E-state index < -0.39 is 0 Å². The Bertz CT molecular complexity index is 2830. The molecule has 0 fully saturated rings. The summed E-state index contributed by atoms with van der Waals surface area (Å²) in [4.78, 5) is 2.41. The number of para-hydroxylation sites is 2. The van der Waals surface area contributed by atoms with Crippen LogP contribution in [-0.2, 0) is 0 Å². The maximum absolute atomic E-state index is 2.41. The second-order valence-electron chi connectivity index (χ2n) is 12.6. The summed E-state index contributed by atoms with van der Waals surface area (Å²) >= 11 is 1.86. The van der Waals surface area contributed by atoms with Crippen LogP contribution in [-0.4, -0.2) is 4.57 Å². The van der Waals surface area contributed by atoms with E-state index in [0.29, 0.717) is 0 Å². The van der Waals surface area contributed by atoms with Gasteiger partial charge in [-0.3, -0.25) is 0 Å². The Labute approximate surface area is 288 Å². The van der Waals surface area contributed by atoms with Crippen molar-refractivity contribution >= 4 is 81.1 Å². The molecule has 0 bridgehead atoms. The fourth-order valence-corrected chi connectivity index (χ4v) is 8.63. The van der Waals surface area contributed by atoms with E-state index >= 15 is 0 Å². The molecule has 0 spiro atoms. The predicted octanol–water partition coefficient (Wildman–Crippen LogP) is 13.4. The van der Waals surface area contributed by atoms with Crippen LogP contribution in [0.1, 0.15) is 0 Å². The molecule has 0 radical (unpaired) electrons. The highest BCUT2D eigenvalue weighted by Gasteiger charge is 2.19. The number of rotatable bonds is 5. The lowest BCUT2D eigenvalue weighted by Gasteiger charge is -2.28. The van der Waals surface area contributed by atoms with Gasteiger partial charge < -0.3 is 9.47 Å². The molecular formula is C46H30N2S. The van der Waals surface area contributed by atoms with E-state index in [-0.39, 0.29) is 0 Å². The van der Waals surface area contributed by atoms with E-state index in [9.17, 15) is 0 Å². The zero-order valence-electron chi connectivity index (χ0n) is 26.6. The van der Waals surface area contributed by atoms with Gasteiger partial charge >= 0.3 is 0 Å². The third kappa shape index (κ3) is 4.55. The summed E-state index contributed by atoms with van der Waals surface area (Å²) in [6, 6.07) is 66.2. The second kappa shape index (κ2) is 11.2. The van der Waals surface area contributed by atoms with Crippen LogP contribution in [0.2, 0.25) is 0 Å². The van der Waals surface area contributed by atoms with Gasteiger partial charge in [-0.2, -0.15) is 0 Å². The molecule has 3 heteroatoms. The first-order valence-electron chi connectivity index (χ1n) is 16.7. The fourth-order valence-electron chi connectivity index (χ4n) is 7.50. The molecular weight excluding hydrogens is 613 g/mol. The van der Waals surface area contributed by atoms with Gasteiger partial charge in [0.05, 0.1) is 16.7 Å². The zero-order chi connectivity index (χ0) is 32.3. The molecule has 0 aliphatic rings. The topological polar surface area (TPSA) is 8.17 Å². The summed E-state index contributed by atoms with van der Waals surface area (Å²) in [6.07, 6.45) is 0. The number of hydrogen-bond acceptors (Lipinski definition) is 2. The minimum Gasteiger partial charge on any atom is -0.310 e. The van der Waals surface area contributed by atoms with Crippen molar-refractivity contribution in [3.05, 3.63) is 182 Å². The molecule has 0 saturated heterocycles. The van der Waals surface area contributed by atoms with E-state index in [0.717, 1.165) is 22.7 Å². The van der Waals surface area contributed by atoms with Gasteiger partial charge in [0.15, 0.2) is 0 Å². The summed E-state index contributed by atoms with van der Waals surface area (Å²) in [7, 11) is 0. The van der Waals surface area contributed by atoms with Gasteiger partial charge in [0, 0.05) is 53.6 Å². The smallest absolute Gasteiger partial charge is 0.0547 e. The molecule has 0 aliphatic heterocycles. The Hall–Kier alpha value is -6.16. The predicted molar refractivity (Wildman–Crippen MR) is 211 cm³/mol. The SMILES string of the molecule is c1ccc(-c2ccccc2N(c2ccc(-n3c4ccccc4c4cc5ccccc5cc43)cc2)c2ccc3c(c2)sc2ccccc23)cc1. The average molecular weight is 643 g/mol. The van der Waals surface area contributed by atoms with E-state index in [1.54, 1.807) is 0 Å². The highest BCUT2D eigenvalue weighted by molar-refractivity contribution is 7.25. The molecule has 49 heavy (non-hydrogen) atoms. The van der Waals surface area contributed by atoms with Gasteiger partial charge in [-0.1, -0.05) is 115 Å². The Morgan fingerprint density at radius 3 is 1.92 bits per heavy atom. The monoisotopic (exact) mass is 642 g/mol. The van der Waals surface area contributed by atoms with Gasteiger partial charge in [0.2, 0.25) is 0 Å². The van der Waals surface area contributed by atoms with E-state index in [1.165, 1.54) is 63.9 Å². The Morgan fingerprint density at radius 1 is 0.408 bits per heavy atom. The van der Waals surface area contributed by atoms with Crippen molar-refractivity contribution in [1.29, 1.82) is 0 Å². The third-order valence-electron chi connectivity index (χ3n) is 9.76. The minimum atomic E-state index is 1.11. The van der Waals surface area contributed by atoms with Crippen molar-refractivity contribution in [1.82, 2.24) is 4.57 Å². The lowest BCUT2D eigenvalue weighted by atomic mass is 10.0. The van der Waals surface area contributed by atoms with Crippen LogP contribution >= 0.6 is 11.3 Å². The van der Waals surface area contributed by atoms with Crippen molar-refractivity contribution in [2.45, 2.75) is 0 Å². The molecule has 0 saturated carbocycles. The lowest BCUT2D eigenvalue weighted by Crippen LogP contribution is -2.11. The van der Waals surface area contributed by atoms with Crippen molar-refractivity contribution in [3.8, 4) is 16.8 Å². The largest absolute Gasteiger partial charge is 0.310 e. The lowest BCUT2D eigenvalue weighted by molar-refractivity contribution is 1.17. The third-order valence-corrected chi connectivity index (χ3v) is 10.9. The van der Waals surface area contributed by atoms with E-state index in [1.807, 2.05) is 11.3 Å². The highest BCUT2D eigenvalue weighted by Crippen LogP contribution is 2.44. The molecule has 0 amide bonds. The molecule has 0 N–H and O–H groups in total. The zero-order valence-corrected chi connectivity index (χ0v) is 27.4. The van der Waals surface area contributed by atoms with Crippen LogP contribution in [0.25, 0.3) is 69.6 Å². The summed E-state index contributed by atoms with van der Waals surface area (Å²) in [6.45, 7) is 0. The van der Waals surface area contributed by atoms with Crippen LogP contribution in [0.4, 0.5) is 17.1 Å². The fraction of sp³-hybridized carbons (Fsp3) is 0. The van der Waals surface area contributed by atoms with Gasteiger partial charge in [0.25, 0.3) is 0 Å². The Balaban J connectivity index is 1.17.